The van der Waals surface area contributed by atoms with Crippen LogP contribution in [0.25, 0.3) is 0 Å². The average molecular weight is 238 g/mol. The molecule has 1 aromatic rings. The number of aryl methyl sites for hydroxylation is 1. The molecule has 1 heterocycles. The highest BCUT2D eigenvalue weighted by atomic mass is 16.5. The topological polar surface area (TPSA) is 66.0 Å². The molecule has 0 aliphatic heterocycles. The summed E-state index contributed by atoms with van der Waals surface area (Å²) in [4.78, 5) is 4.26. The summed E-state index contributed by atoms with van der Waals surface area (Å²) < 4.78 is 7.50. The highest BCUT2D eigenvalue weighted by Crippen LogP contribution is 2.38. The van der Waals surface area contributed by atoms with Gasteiger partial charge in [0.15, 0.2) is 0 Å². The van der Waals surface area contributed by atoms with Crippen LogP contribution in [0.15, 0.2) is 6.33 Å². The molecule has 1 fully saturated rings. The monoisotopic (exact) mass is 238 g/mol. The average Bonchev–Trinajstić information content (AvgIpc) is 2.70. The third-order valence-electron chi connectivity index (χ3n) is 3.77. The first kappa shape index (κ1) is 12.5. The molecule has 1 aliphatic carbocycles. The molecule has 0 saturated heterocycles. The lowest BCUT2D eigenvalue weighted by atomic mass is 9.75. The maximum atomic E-state index is 6.20. The number of ether oxygens (including phenoxy) is 1. The molecule has 96 valence electrons. The van der Waals surface area contributed by atoms with Gasteiger partial charge in [0.25, 0.3) is 0 Å². The summed E-state index contributed by atoms with van der Waals surface area (Å²) in [5.41, 5.74) is 6.24. The van der Waals surface area contributed by atoms with Crippen molar-refractivity contribution in [3.05, 3.63) is 12.2 Å². The van der Waals surface area contributed by atoms with Gasteiger partial charge in [0.2, 0.25) is 0 Å². The molecule has 0 spiro atoms. The Hall–Kier alpha value is -0.940. The van der Waals surface area contributed by atoms with Gasteiger partial charge in [-0.15, -0.1) is 0 Å². The van der Waals surface area contributed by atoms with E-state index in [1.165, 1.54) is 6.42 Å². The van der Waals surface area contributed by atoms with Gasteiger partial charge < -0.3 is 10.5 Å². The maximum absolute atomic E-state index is 6.20. The minimum Gasteiger partial charge on any atom is -0.378 e. The molecule has 5 heteroatoms. The normalized spacial score (nSPS) is 19.9. The van der Waals surface area contributed by atoms with Crippen molar-refractivity contribution in [1.82, 2.24) is 14.8 Å². The largest absolute Gasteiger partial charge is 0.378 e. The number of aromatic nitrogens is 3. The summed E-state index contributed by atoms with van der Waals surface area (Å²) in [5, 5.41) is 4.16. The Labute approximate surface area is 102 Å². The summed E-state index contributed by atoms with van der Waals surface area (Å²) in [7, 11) is 1.79. The SMILES string of the molecule is CCn1ncnc1CC(N)CC1(OC)CCC1. The van der Waals surface area contributed by atoms with Crippen LogP contribution < -0.4 is 5.73 Å². The van der Waals surface area contributed by atoms with Gasteiger partial charge in [-0.2, -0.15) is 5.10 Å². The highest BCUT2D eigenvalue weighted by Gasteiger charge is 2.38. The van der Waals surface area contributed by atoms with E-state index in [0.717, 1.165) is 38.1 Å². The molecule has 0 amide bonds. The second-order valence-corrected chi connectivity index (χ2v) is 4.90. The van der Waals surface area contributed by atoms with E-state index in [1.54, 1.807) is 13.4 Å². The van der Waals surface area contributed by atoms with Crippen LogP contribution in [0, 0.1) is 0 Å². The lowest BCUT2D eigenvalue weighted by Gasteiger charge is -2.42. The Bertz CT molecular complexity index is 354. The summed E-state index contributed by atoms with van der Waals surface area (Å²) in [6, 6.07) is 0.102. The standard InChI is InChI=1S/C12H22N4O/c1-3-16-11(14-9-15-16)7-10(13)8-12(17-2)5-4-6-12/h9-10H,3-8,13H2,1-2H3. The fourth-order valence-electron chi connectivity index (χ4n) is 2.56. The van der Waals surface area contributed by atoms with Crippen molar-refractivity contribution in [3.8, 4) is 0 Å². The Morgan fingerprint density at radius 1 is 1.59 bits per heavy atom. The predicted molar refractivity (Wildman–Crippen MR) is 65.6 cm³/mol. The summed E-state index contributed by atoms with van der Waals surface area (Å²) in [6.45, 7) is 2.91. The maximum Gasteiger partial charge on any atom is 0.138 e. The van der Waals surface area contributed by atoms with Gasteiger partial charge in [-0.25, -0.2) is 4.98 Å². The van der Waals surface area contributed by atoms with Crippen molar-refractivity contribution in [2.45, 2.75) is 57.2 Å². The van der Waals surface area contributed by atoms with Crippen LogP contribution in [0.2, 0.25) is 0 Å². The van der Waals surface area contributed by atoms with Crippen LogP contribution >= 0.6 is 0 Å². The lowest BCUT2D eigenvalue weighted by Crippen LogP contribution is -2.45. The van der Waals surface area contributed by atoms with Gasteiger partial charge >= 0.3 is 0 Å². The van der Waals surface area contributed by atoms with E-state index in [2.05, 4.69) is 17.0 Å². The number of methoxy groups -OCH3 is 1. The van der Waals surface area contributed by atoms with Crippen molar-refractivity contribution in [2.24, 2.45) is 5.73 Å². The second kappa shape index (κ2) is 5.14. The van der Waals surface area contributed by atoms with Gasteiger partial charge in [0.1, 0.15) is 12.2 Å². The molecule has 1 unspecified atom stereocenters. The van der Waals surface area contributed by atoms with Gasteiger partial charge in [-0.3, -0.25) is 4.68 Å². The summed E-state index contributed by atoms with van der Waals surface area (Å²) in [6.07, 6.45) is 6.82. The lowest BCUT2D eigenvalue weighted by molar-refractivity contribution is -0.0814. The third kappa shape index (κ3) is 2.66. The van der Waals surface area contributed by atoms with Crippen molar-refractivity contribution in [1.29, 1.82) is 0 Å². The van der Waals surface area contributed by atoms with Crippen LogP contribution in [0.4, 0.5) is 0 Å². The second-order valence-electron chi connectivity index (χ2n) is 4.90. The van der Waals surface area contributed by atoms with Crippen molar-refractivity contribution >= 4 is 0 Å². The first-order valence-electron chi connectivity index (χ1n) is 6.36. The van der Waals surface area contributed by atoms with Crippen molar-refractivity contribution in [3.63, 3.8) is 0 Å². The molecule has 1 saturated carbocycles. The molecule has 5 nitrogen and oxygen atoms in total. The minimum atomic E-state index is 0.0382. The Kier molecular flexibility index (Phi) is 3.79. The smallest absolute Gasteiger partial charge is 0.138 e. The Balaban J connectivity index is 1.90. The van der Waals surface area contributed by atoms with E-state index in [4.69, 9.17) is 10.5 Å². The molecule has 2 N–H and O–H groups in total. The first-order valence-corrected chi connectivity index (χ1v) is 6.36. The predicted octanol–water partition coefficient (Wildman–Crippen LogP) is 1.13. The zero-order valence-electron chi connectivity index (χ0n) is 10.7. The van der Waals surface area contributed by atoms with E-state index in [-0.39, 0.29) is 11.6 Å². The Morgan fingerprint density at radius 3 is 2.88 bits per heavy atom. The molecule has 0 aromatic carbocycles. The molecular formula is C12H22N4O. The quantitative estimate of drug-likeness (QED) is 0.806. The van der Waals surface area contributed by atoms with Crippen LogP contribution in [-0.4, -0.2) is 33.5 Å². The zero-order chi connectivity index (χ0) is 12.3. The van der Waals surface area contributed by atoms with E-state index >= 15 is 0 Å². The summed E-state index contributed by atoms with van der Waals surface area (Å²) in [5.74, 6) is 0.977. The van der Waals surface area contributed by atoms with E-state index in [9.17, 15) is 0 Å². The molecule has 1 aliphatic rings. The zero-order valence-corrected chi connectivity index (χ0v) is 10.7. The number of hydrogen-bond donors (Lipinski definition) is 1. The van der Waals surface area contributed by atoms with Gasteiger partial charge in [0.05, 0.1) is 5.60 Å². The van der Waals surface area contributed by atoms with Crippen molar-refractivity contribution < 1.29 is 4.74 Å². The molecule has 17 heavy (non-hydrogen) atoms. The van der Waals surface area contributed by atoms with Crippen LogP contribution in [0.1, 0.15) is 38.4 Å². The Morgan fingerprint density at radius 2 is 2.35 bits per heavy atom. The van der Waals surface area contributed by atoms with E-state index in [0.29, 0.717) is 0 Å². The molecular weight excluding hydrogens is 216 g/mol. The van der Waals surface area contributed by atoms with Gasteiger partial charge in [-0.05, 0) is 32.6 Å². The van der Waals surface area contributed by atoms with E-state index in [1.807, 2.05) is 4.68 Å². The summed E-state index contributed by atoms with van der Waals surface area (Å²) >= 11 is 0. The molecule has 0 radical (unpaired) electrons. The van der Waals surface area contributed by atoms with E-state index < -0.39 is 0 Å². The van der Waals surface area contributed by atoms with Crippen LogP contribution in [0.5, 0.6) is 0 Å². The minimum absolute atomic E-state index is 0.0382. The molecule has 0 bridgehead atoms. The number of nitrogens with two attached hydrogens (primary N) is 1. The number of rotatable bonds is 6. The van der Waals surface area contributed by atoms with Crippen molar-refractivity contribution in [2.75, 3.05) is 7.11 Å². The third-order valence-corrected chi connectivity index (χ3v) is 3.77. The van der Waals surface area contributed by atoms with Gasteiger partial charge in [-0.1, -0.05) is 0 Å². The molecule has 1 atom stereocenters. The highest BCUT2D eigenvalue weighted by molar-refractivity contribution is 4.96. The first-order chi connectivity index (χ1) is 8.19. The van der Waals surface area contributed by atoms with Gasteiger partial charge in [0, 0.05) is 26.1 Å². The number of nitrogens with zero attached hydrogens (tertiary/aromatic N) is 3. The fourth-order valence-corrected chi connectivity index (χ4v) is 2.56. The molecule has 1 aromatic heterocycles. The molecule has 2 rings (SSSR count). The van der Waals surface area contributed by atoms with Crippen LogP contribution in [-0.2, 0) is 17.7 Å². The number of hydrogen-bond acceptors (Lipinski definition) is 4. The fraction of sp³-hybridized carbons (Fsp3) is 0.833. The van der Waals surface area contributed by atoms with Crippen LogP contribution in [0.3, 0.4) is 0 Å².